The molecule has 1 saturated heterocycles. The Bertz CT molecular complexity index is 1180. The highest BCUT2D eigenvalue weighted by Crippen LogP contribution is 2.40. The molecule has 2 aliphatic heterocycles. The van der Waals surface area contributed by atoms with Gasteiger partial charge >= 0.3 is 6.09 Å². The van der Waals surface area contributed by atoms with Gasteiger partial charge in [-0.2, -0.15) is 4.31 Å². The minimum atomic E-state index is -3.76. The maximum atomic E-state index is 13.5. The average Bonchev–Trinajstić information content (AvgIpc) is 3.00. The smallest absolute Gasteiger partial charge is 0.407 e. The molecule has 0 saturated carbocycles. The van der Waals surface area contributed by atoms with Crippen LogP contribution >= 0.6 is 0 Å². The van der Waals surface area contributed by atoms with Gasteiger partial charge in [-0.15, -0.1) is 0 Å². The minimum absolute atomic E-state index is 0.100. The first-order valence-electron chi connectivity index (χ1n) is 10.9. The Kier molecular flexibility index (Phi) is 5.67. The van der Waals surface area contributed by atoms with E-state index in [4.69, 9.17) is 4.74 Å². The predicted octanol–water partition coefficient (Wildman–Crippen LogP) is 3.50. The van der Waals surface area contributed by atoms with Gasteiger partial charge in [0.05, 0.1) is 10.6 Å². The number of nitrogens with one attached hydrogen (secondary N) is 1. The zero-order chi connectivity index (χ0) is 23.3. The highest BCUT2D eigenvalue weighted by Gasteiger charge is 2.35. The molecule has 0 bridgehead atoms. The molecule has 0 spiro atoms. The number of sulfonamides is 1. The van der Waals surface area contributed by atoms with E-state index in [1.165, 1.54) is 4.31 Å². The zero-order valence-electron chi connectivity index (χ0n) is 18.8. The molecular weight excluding hydrogens is 430 g/mol. The van der Waals surface area contributed by atoms with Crippen molar-refractivity contribution in [3.63, 3.8) is 0 Å². The van der Waals surface area contributed by atoms with Crippen LogP contribution in [-0.2, 0) is 14.8 Å². The number of carbonyl (C=O) groups is 2. The van der Waals surface area contributed by atoms with E-state index in [0.29, 0.717) is 48.8 Å². The van der Waals surface area contributed by atoms with Gasteiger partial charge in [-0.1, -0.05) is 12.1 Å². The van der Waals surface area contributed by atoms with Crippen LogP contribution in [-0.4, -0.2) is 56.0 Å². The third-order valence-corrected chi connectivity index (χ3v) is 7.81. The fourth-order valence-corrected chi connectivity index (χ4v) is 6.07. The van der Waals surface area contributed by atoms with Crippen molar-refractivity contribution in [3.8, 4) is 0 Å². The van der Waals surface area contributed by atoms with Gasteiger partial charge in [0.15, 0.2) is 0 Å². The lowest BCUT2D eigenvalue weighted by molar-refractivity contribution is 0.0489. The first kappa shape index (κ1) is 22.5. The molecule has 2 aromatic rings. The van der Waals surface area contributed by atoms with Crippen LogP contribution in [0.4, 0.5) is 10.5 Å². The summed E-state index contributed by atoms with van der Waals surface area (Å²) in [5, 5.41) is 4.09. The average molecular weight is 460 g/mol. The second kappa shape index (κ2) is 8.04. The lowest BCUT2D eigenvalue weighted by Crippen LogP contribution is -2.47. The number of rotatable bonds is 4. The Morgan fingerprint density at radius 2 is 1.84 bits per heavy atom. The van der Waals surface area contributed by atoms with Crippen LogP contribution in [0, 0.1) is 0 Å². The maximum Gasteiger partial charge on any atom is 0.407 e. The molecule has 0 unspecified atom stereocenters. The van der Waals surface area contributed by atoms with Crippen LogP contribution in [0.3, 0.4) is 0 Å². The second-order valence-electron chi connectivity index (χ2n) is 9.18. The largest absolute Gasteiger partial charge is 0.444 e. The summed E-state index contributed by atoms with van der Waals surface area (Å²) in [6, 6.07) is 8.42. The molecule has 2 aliphatic rings. The fraction of sp³-hybridized carbons (Fsp3) is 0.478. The first-order valence-corrected chi connectivity index (χ1v) is 12.3. The van der Waals surface area contributed by atoms with Crippen LogP contribution < -0.4 is 10.2 Å². The monoisotopic (exact) mass is 459 g/mol. The Labute approximate surface area is 188 Å². The lowest BCUT2D eigenvalue weighted by atomic mass is 10.1. The van der Waals surface area contributed by atoms with E-state index in [-0.39, 0.29) is 16.8 Å². The third-order valence-electron chi connectivity index (χ3n) is 5.85. The van der Waals surface area contributed by atoms with Crippen molar-refractivity contribution >= 4 is 38.5 Å². The topological polar surface area (TPSA) is 96.0 Å². The number of benzene rings is 2. The number of alkyl carbamates (subject to hydrolysis) is 1. The minimum Gasteiger partial charge on any atom is -0.444 e. The molecule has 2 amide bonds. The van der Waals surface area contributed by atoms with Gasteiger partial charge in [0.2, 0.25) is 10.0 Å². The van der Waals surface area contributed by atoms with E-state index in [1.54, 1.807) is 56.0 Å². The fourth-order valence-electron chi connectivity index (χ4n) is 4.41. The Morgan fingerprint density at radius 1 is 1.16 bits per heavy atom. The van der Waals surface area contributed by atoms with Crippen molar-refractivity contribution in [3.05, 3.63) is 35.9 Å². The summed E-state index contributed by atoms with van der Waals surface area (Å²) in [5.74, 6) is -0.100. The highest BCUT2D eigenvalue weighted by atomic mass is 32.2. The van der Waals surface area contributed by atoms with Gasteiger partial charge in [0, 0.05) is 42.0 Å². The number of hydrogen-bond donors (Lipinski definition) is 1. The molecule has 9 heteroatoms. The molecule has 8 nitrogen and oxygen atoms in total. The van der Waals surface area contributed by atoms with Crippen molar-refractivity contribution < 1.29 is 22.7 Å². The van der Waals surface area contributed by atoms with Gasteiger partial charge in [0.25, 0.3) is 5.91 Å². The third kappa shape index (κ3) is 3.95. The second-order valence-corrected chi connectivity index (χ2v) is 11.1. The molecule has 32 heavy (non-hydrogen) atoms. The van der Waals surface area contributed by atoms with Crippen molar-refractivity contribution in [1.29, 1.82) is 0 Å². The molecule has 0 aromatic heterocycles. The summed E-state index contributed by atoms with van der Waals surface area (Å²) in [7, 11) is -3.76. The van der Waals surface area contributed by atoms with Crippen LogP contribution in [0.2, 0.25) is 0 Å². The Balaban J connectivity index is 1.55. The number of piperidine rings is 1. The number of ether oxygens (including phenoxy) is 1. The van der Waals surface area contributed by atoms with Crippen molar-refractivity contribution in [1.82, 2.24) is 9.62 Å². The standard InChI is InChI=1S/C23H29N3O5S/c1-5-26-18-9-10-19(16-7-6-8-17(20(16)18)21(26)27)32(29,30)25-13-11-15(12-14-25)24-22(28)31-23(2,3)4/h6-10,15H,5,11-14H2,1-4H3,(H,24,28). The van der Waals surface area contributed by atoms with E-state index in [0.717, 1.165) is 5.69 Å². The number of amides is 2. The van der Waals surface area contributed by atoms with Crippen LogP contribution in [0.5, 0.6) is 0 Å². The summed E-state index contributed by atoms with van der Waals surface area (Å²) in [6.07, 6.45) is 0.514. The highest BCUT2D eigenvalue weighted by molar-refractivity contribution is 7.89. The molecule has 172 valence electrons. The maximum absolute atomic E-state index is 13.5. The van der Waals surface area contributed by atoms with Gasteiger partial charge in [0.1, 0.15) is 5.60 Å². The quantitative estimate of drug-likeness (QED) is 0.755. The summed E-state index contributed by atoms with van der Waals surface area (Å²) < 4.78 is 33.8. The molecule has 0 radical (unpaired) electrons. The predicted molar refractivity (Wildman–Crippen MR) is 122 cm³/mol. The molecule has 2 aromatic carbocycles. The van der Waals surface area contributed by atoms with Crippen molar-refractivity contribution in [2.75, 3.05) is 24.5 Å². The molecule has 2 heterocycles. The molecule has 4 rings (SSSR count). The van der Waals surface area contributed by atoms with Crippen LogP contribution in [0.25, 0.3) is 10.8 Å². The number of anilines is 1. The molecule has 1 N–H and O–H groups in total. The number of hydrogen-bond acceptors (Lipinski definition) is 5. The summed E-state index contributed by atoms with van der Waals surface area (Å²) >= 11 is 0. The van der Waals surface area contributed by atoms with Gasteiger partial charge in [-0.3, -0.25) is 4.79 Å². The van der Waals surface area contributed by atoms with Gasteiger partial charge in [-0.25, -0.2) is 13.2 Å². The Morgan fingerprint density at radius 3 is 2.47 bits per heavy atom. The van der Waals surface area contributed by atoms with E-state index >= 15 is 0 Å². The zero-order valence-corrected chi connectivity index (χ0v) is 19.7. The van der Waals surface area contributed by atoms with Crippen LogP contribution in [0.1, 0.15) is 50.9 Å². The SMILES string of the molecule is CCN1C(=O)c2cccc3c(S(=O)(=O)N4CCC(NC(=O)OC(C)(C)C)CC4)ccc1c23. The Hall–Kier alpha value is -2.65. The van der Waals surface area contributed by atoms with Gasteiger partial charge < -0.3 is 15.0 Å². The van der Waals surface area contributed by atoms with Crippen molar-refractivity contribution in [2.45, 2.75) is 57.1 Å². The van der Waals surface area contributed by atoms with E-state index in [1.807, 2.05) is 6.92 Å². The summed E-state index contributed by atoms with van der Waals surface area (Å²) in [5.41, 5.74) is 0.706. The van der Waals surface area contributed by atoms with E-state index in [2.05, 4.69) is 5.32 Å². The summed E-state index contributed by atoms with van der Waals surface area (Å²) in [4.78, 5) is 26.6. The molecular formula is C23H29N3O5S. The lowest BCUT2D eigenvalue weighted by Gasteiger charge is -2.32. The van der Waals surface area contributed by atoms with E-state index in [9.17, 15) is 18.0 Å². The molecule has 1 fully saturated rings. The summed E-state index contributed by atoms with van der Waals surface area (Å²) in [6.45, 7) is 8.41. The van der Waals surface area contributed by atoms with Crippen LogP contribution in [0.15, 0.2) is 35.2 Å². The van der Waals surface area contributed by atoms with Crippen molar-refractivity contribution in [2.24, 2.45) is 0 Å². The molecule has 0 aliphatic carbocycles. The number of nitrogens with zero attached hydrogens (tertiary/aromatic N) is 2. The van der Waals surface area contributed by atoms with E-state index < -0.39 is 21.7 Å². The van der Waals surface area contributed by atoms with Gasteiger partial charge in [-0.05, 0) is 58.7 Å². The normalized spacial score (nSPS) is 17.8. The number of carbonyl (C=O) groups excluding carboxylic acids is 2. The first-order chi connectivity index (χ1) is 15.0. The molecule has 0 atom stereocenters.